The summed E-state index contributed by atoms with van der Waals surface area (Å²) in [5, 5.41) is 5.39. The average molecular weight is 306 g/mol. The first-order valence-electron chi connectivity index (χ1n) is 6.78. The lowest BCUT2D eigenvalue weighted by Gasteiger charge is -2.08. The second kappa shape index (κ2) is 6.93. The topological polar surface area (TPSA) is 66.9 Å². The highest BCUT2D eigenvalue weighted by molar-refractivity contribution is 6.02. The maximum Gasteiger partial charge on any atom is 0.275 e. The predicted octanol–water partition coefficient (Wildman–Crippen LogP) is 3.08. The van der Waals surface area contributed by atoms with Gasteiger partial charge in [-0.05, 0) is 18.1 Å². The van der Waals surface area contributed by atoms with Crippen LogP contribution in [0.5, 0.6) is 0 Å². The van der Waals surface area contributed by atoms with E-state index < -0.39 is 17.5 Å². The van der Waals surface area contributed by atoms with Gasteiger partial charge in [-0.3, -0.25) is 4.79 Å². The maximum atomic E-state index is 13.5. The molecule has 1 aromatic carbocycles. The Morgan fingerprint density at radius 1 is 1.23 bits per heavy atom. The molecule has 0 fully saturated rings. The summed E-state index contributed by atoms with van der Waals surface area (Å²) in [5.74, 6) is -1.18. The Labute approximate surface area is 126 Å². The Kier molecular flexibility index (Phi) is 4.98. The maximum absolute atomic E-state index is 13.5. The fraction of sp³-hybridized carbons (Fsp3) is 0.267. The average Bonchev–Trinajstić information content (AvgIpc) is 2.48. The Hall–Kier alpha value is -2.57. The molecule has 0 saturated carbocycles. The second-order valence-corrected chi connectivity index (χ2v) is 5.14. The van der Waals surface area contributed by atoms with Gasteiger partial charge in [0.25, 0.3) is 5.91 Å². The zero-order valence-electron chi connectivity index (χ0n) is 12.2. The van der Waals surface area contributed by atoms with Crippen LogP contribution in [0.4, 0.5) is 20.3 Å². The van der Waals surface area contributed by atoms with Crippen molar-refractivity contribution in [2.24, 2.45) is 5.92 Å². The molecule has 1 amide bonds. The molecule has 0 bridgehead atoms. The van der Waals surface area contributed by atoms with Crippen LogP contribution in [0.1, 0.15) is 24.3 Å². The predicted molar refractivity (Wildman–Crippen MR) is 79.7 cm³/mol. The van der Waals surface area contributed by atoms with Crippen molar-refractivity contribution in [3.63, 3.8) is 0 Å². The van der Waals surface area contributed by atoms with Crippen LogP contribution < -0.4 is 10.6 Å². The summed E-state index contributed by atoms with van der Waals surface area (Å²) in [6.07, 6.45) is 2.72. The van der Waals surface area contributed by atoms with E-state index in [2.05, 4.69) is 34.4 Å². The van der Waals surface area contributed by atoms with Gasteiger partial charge < -0.3 is 10.6 Å². The molecule has 22 heavy (non-hydrogen) atoms. The van der Waals surface area contributed by atoms with Gasteiger partial charge in [-0.2, -0.15) is 0 Å². The van der Waals surface area contributed by atoms with Crippen molar-refractivity contribution < 1.29 is 13.6 Å². The lowest BCUT2D eigenvalue weighted by molar-refractivity contribution is 0.102. The van der Waals surface area contributed by atoms with E-state index in [0.717, 1.165) is 18.7 Å². The molecule has 5 nitrogen and oxygen atoms in total. The Balaban J connectivity index is 2.03. The highest BCUT2D eigenvalue weighted by atomic mass is 19.1. The van der Waals surface area contributed by atoms with Crippen LogP contribution >= 0.6 is 0 Å². The minimum Gasteiger partial charge on any atom is -0.369 e. The van der Waals surface area contributed by atoms with Gasteiger partial charge in [0.1, 0.15) is 23.1 Å². The lowest BCUT2D eigenvalue weighted by Crippen LogP contribution is -2.16. The number of nitrogens with one attached hydrogen (secondary N) is 2. The molecule has 1 aromatic heterocycles. The molecular formula is C15H16F2N4O. The van der Waals surface area contributed by atoms with Crippen molar-refractivity contribution in [2.45, 2.75) is 13.8 Å². The zero-order chi connectivity index (χ0) is 16.1. The van der Waals surface area contributed by atoms with Gasteiger partial charge >= 0.3 is 0 Å². The summed E-state index contributed by atoms with van der Waals surface area (Å²) >= 11 is 0. The van der Waals surface area contributed by atoms with Crippen LogP contribution in [0.15, 0.2) is 30.6 Å². The van der Waals surface area contributed by atoms with Crippen LogP contribution in [0, 0.1) is 17.6 Å². The van der Waals surface area contributed by atoms with E-state index in [-0.39, 0.29) is 11.4 Å². The summed E-state index contributed by atoms with van der Waals surface area (Å²) in [6, 6.07) is 2.90. The quantitative estimate of drug-likeness (QED) is 0.891. The molecule has 2 aromatic rings. The summed E-state index contributed by atoms with van der Waals surface area (Å²) < 4.78 is 26.3. The van der Waals surface area contributed by atoms with Crippen LogP contribution in [0.25, 0.3) is 0 Å². The first-order chi connectivity index (χ1) is 10.5. The number of aromatic nitrogens is 2. The first kappa shape index (κ1) is 15.8. The molecule has 2 N–H and O–H groups in total. The molecule has 0 atom stereocenters. The number of anilines is 2. The van der Waals surface area contributed by atoms with Gasteiger partial charge in [0.05, 0.1) is 18.1 Å². The van der Waals surface area contributed by atoms with Gasteiger partial charge in [0, 0.05) is 12.6 Å². The van der Waals surface area contributed by atoms with Crippen LogP contribution in [-0.4, -0.2) is 22.4 Å². The molecule has 1 heterocycles. The standard InChI is InChI=1S/C15H16F2N4O/c1-9(2)6-19-14-8-18-13(7-20-14)15(22)21-12-4-3-10(16)5-11(12)17/h3-5,7-9H,6H2,1-2H3,(H,19,20)(H,21,22). The Bertz CT molecular complexity index is 659. The molecular weight excluding hydrogens is 290 g/mol. The van der Waals surface area contributed by atoms with E-state index in [1.165, 1.54) is 12.4 Å². The third-order valence-electron chi connectivity index (χ3n) is 2.76. The molecule has 0 saturated heterocycles. The monoisotopic (exact) mass is 306 g/mol. The summed E-state index contributed by atoms with van der Waals surface area (Å²) in [5.41, 5.74) is -0.0750. The molecule has 0 spiro atoms. The number of carbonyl (C=O) groups is 1. The number of carbonyl (C=O) groups excluding carboxylic acids is 1. The Morgan fingerprint density at radius 2 is 2.00 bits per heavy atom. The fourth-order valence-electron chi connectivity index (χ4n) is 1.62. The van der Waals surface area contributed by atoms with Gasteiger partial charge in [-0.1, -0.05) is 13.8 Å². The molecule has 116 valence electrons. The Morgan fingerprint density at radius 3 is 2.59 bits per heavy atom. The molecule has 7 heteroatoms. The highest BCUT2D eigenvalue weighted by Gasteiger charge is 2.12. The van der Waals surface area contributed by atoms with Crippen molar-refractivity contribution in [1.82, 2.24) is 9.97 Å². The van der Waals surface area contributed by atoms with Crippen molar-refractivity contribution in [3.8, 4) is 0 Å². The fourth-order valence-corrected chi connectivity index (χ4v) is 1.62. The van der Waals surface area contributed by atoms with Crippen molar-refractivity contribution in [3.05, 3.63) is 47.9 Å². The van der Waals surface area contributed by atoms with E-state index in [1.54, 1.807) is 0 Å². The van der Waals surface area contributed by atoms with Gasteiger partial charge in [0.2, 0.25) is 0 Å². The van der Waals surface area contributed by atoms with Gasteiger partial charge in [-0.15, -0.1) is 0 Å². The third kappa shape index (κ3) is 4.21. The number of hydrogen-bond donors (Lipinski definition) is 2. The van der Waals surface area contributed by atoms with Crippen LogP contribution in [0.3, 0.4) is 0 Å². The molecule has 0 unspecified atom stereocenters. The van der Waals surface area contributed by atoms with E-state index in [0.29, 0.717) is 17.8 Å². The molecule has 2 rings (SSSR count). The molecule has 0 aliphatic carbocycles. The number of amides is 1. The number of halogens is 2. The smallest absolute Gasteiger partial charge is 0.275 e. The normalized spacial score (nSPS) is 10.6. The van der Waals surface area contributed by atoms with Crippen molar-refractivity contribution in [1.29, 1.82) is 0 Å². The first-order valence-corrected chi connectivity index (χ1v) is 6.78. The number of rotatable bonds is 5. The number of nitrogens with zero attached hydrogens (tertiary/aromatic N) is 2. The van der Waals surface area contributed by atoms with E-state index in [9.17, 15) is 13.6 Å². The lowest BCUT2D eigenvalue weighted by atomic mass is 10.2. The van der Waals surface area contributed by atoms with Gasteiger partial charge in [-0.25, -0.2) is 18.7 Å². The van der Waals surface area contributed by atoms with E-state index >= 15 is 0 Å². The minimum atomic E-state index is -0.850. The highest BCUT2D eigenvalue weighted by Crippen LogP contribution is 2.15. The van der Waals surface area contributed by atoms with Gasteiger partial charge in [0.15, 0.2) is 0 Å². The summed E-state index contributed by atoms with van der Waals surface area (Å²) in [4.78, 5) is 20.0. The SMILES string of the molecule is CC(C)CNc1cnc(C(=O)Nc2ccc(F)cc2F)cn1. The molecule has 0 aliphatic rings. The zero-order valence-corrected chi connectivity index (χ0v) is 12.2. The molecule has 0 aliphatic heterocycles. The van der Waals surface area contributed by atoms with Crippen LogP contribution in [0.2, 0.25) is 0 Å². The van der Waals surface area contributed by atoms with E-state index in [1.807, 2.05) is 0 Å². The summed E-state index contributed by atoms with van der Waals surface area (Å²) in [6.45, 7) is 4.85. The largest absolute Gasteiger partial charge is 0.369 e. The summed E-state index contributed by atoms with van der Waals surface area (Å²) in [7, 11) is 0. The third-order valence-corrected chi connectivity index (χ3v) is 2.76. The van der Waals surface area contributed by atoms with Crippen molar-refractivity contribution in [2.75, 3.05) is 17.2 Å². The minimum absolute atomic E-state index is 0.0406. The van der Waals surface area contributed by atoms with E-state index in [4.69, 9.17) is 0 Å². The number of hydrogen-bond acceptors (Lipinski definition) is 4. The molecule has 0 radical (unpaired) electrons. The van der Waals surface area contributed by atoms with Crippen molar-refractivity contribution >= 4 is 17.4 Å². The second-order valence-electron chi connectivity index (χ2n) is 5.14. The number of benzene rings is 1. The van der Waals surface area contributed by atoms with Crippen LogP contribution in [-0.2, 0) is 0 Å².